The van der Waals surface area contributed by atoms with Crippen LogP contribution in [-0.4, -0.2) is 32.4 Å². The maximum atomic E-state index is 10.0. The normalized spacial score (nSPS) is 15.4. The summed E-state index contributed by atoms with van der Waals surface area (Å²) in [6, 6.07) is 6.20. The molecule has 0 bridgehead atoms. The lowest BCUT2D eigenvalue weighted by Gasteiger charge is -2.30. The van der Waals surface area contributed by atoms with Crippen molar-refractivity contribution in [3.8, 4) is 5.75 Å². The van der Waals surface area contributed by atoms with Crippen LogP contribution < -0.4 is 15.0 Å². The first-order chi connectivity index (χ1) is 11.1. The molecule has 0 saturated heterocycles. The monoisotopic (exact) mass is 449 g/mol. The van der Waals surface area contributed by atoms with Crippen molar-refractivity contribution in [2.45, 2.75) is 25.3 Å². The van der Waals surface area contributed by atoms with Crippen LogP contribution in [0, 0.1) is 10.1 Å². The summed E-state index contributed by atoms with van der Waals surface area (Å²) in [7, 11) is 3.68. The smallest absolute Gasteiger partial charge is 0.294 e. The number of rotatable bonds is 9. The Morgan fingerprint density at radius 1 is 1.33 bits per heavy atom. The van der Waals surface area contributed by atoms with E-state index in [2.05, 4.69) is 27.2 Å². The molecule has 1 aromatic carbocycles. The van der Waals surface area contributed by atoms with Crippen molar-refractivity contribution in [1.29, 1.82) is 0 Å². The Morgan fingerprint density at radius 3 is 2.83 bits per heavy atom. The van der Waals surface area contributed by atoms with Crippen molar-refractivity contribution in [3.63, 3.8) is 0 Å². The van der Waals surface area contributed by atoms with Crippen molar-refractivity contribution in [2.24, 2.45) is 0 Å². The van der Waals surface area contributed by atoms with Crippen LogP contribution in [-0.2, 0) is 4.84 Å². The zero-order valence-electron chi connectivity index (χ0n) is 13.9. The van der Waals surface area contributed by atoms with Gasteiger partial charge in [0.1, 0.15) is 5.75 Å². The van der Waals surface area contributed by atoms with E-state index in [0.717, 1.165) is 30.8 Å². The zero-order chi connectivity index (χ0) is 16.7. The fourth-order valence-electron chi connectivity index (χ4n) is 2.70. The number of benzene rings is 1. The lowest BCUT2D eigenvalue weighted by Crippen LogP contribution is -2.27. The summed E-state index contributed by atoms with van der Waals surface area (Å²) in [4.78, 5) is 16.4. The first kappa shape index (κ1) is 20.5. The van der Waals surface area contributed by atoms with Gasteiger partial charge in [-0.3, -0.25) is 0 Å². The number of nitrogens with one attached hydrogen (secondary N) is 1. The van der Waals surface area contributed by atoms with Gasteiger partial charge in [0.15, 0.2) is 0 Å². The van der Waals surface area contributed by atoms with Crippen LogP contribution in [0.3, 0.4) is 0 Å². The summed E-state index contributed by atoms with van der Waals surface area (Å²) in [5.74, 6) is 0.859. The molecule has 1 heterocycles. The standard InChI is InChI=1S/C16H23N3O4.HI/c1-18-11-9-14(13-7-6-8-15(22-2)16(13)18)17-10-4-3-5-12-23-19(20)21;/h6-9,11,14,17H,3-5,10,12H2,1-2H3;1H. The maximum Gasteiger partial charge on any atom is 0.294 e. The average Bonchev–Trinajstić information content (AvgIpc) is 2.55. The van der Waals surface area contributed by atoms with Crippen LogP contribution in [0.5, 0.6) is 5.75 Å². The Morgan fingerprint density at radius 2 is 2.12 bits per heavy atom. The fourth-order valence-corrected chi connectivity index (χ4v) is 2.70. The number of ether oxygens (including phenoxy) is 1. The van der Waals surface area contributed by atoms with Gasteiger partial charge in [-0.15, -0.1) is 34.1 Å². The van der Waals surface area contributed by atoms with Crippen LogP contribution >= 0.6 is 24.0 Å². The van der Waals surface area contributed by atoms with E-state index in [1.54, 1.807) is 7.11 Å². The summed E-state index contributed by atoms with van der Waals surface area (Å²) in [6.07, 6.45) is 6.68. The molecule has 0 amide bonds. The molecule has 0 fully saturated rings. The van der Waals surface area contributed by atoms with Crippen LogP contribution in [0.15, 0.2) is 30.5 Å². The molecule has 24 heavy (non-hydrogen) atoms. The SMILES string of the molecule is COc1cccc2c1N(C)C=CC2NCCCCCO[N+](=O)[O-].I. The summed E-state index contributed by atoms with van der Waals surface area (Å²) in [6.45, 7) is 1.01. The molecule has 1 aliphatic heterocycles. The highest BCUT2D eigenvalue weighted by atomic mass is 127. The predicted octanol–water partition coefficient (Wildman–Crippen LogP) is 3.29. The van der Waals surface area contributed by atoms with E-state index in [9.17, 15) is 10.1 Å². The summed E-state index contributed by atoms with van der Waals surface area (Å²) in [5, 5.41) is 12.8. The van der Waals surface area contributed by atoms with Crippen LogP contribution in [0.4, 0.5) is 5.69 Å². The Bertz CT molecular complexity index is 568. The van der Waals surface area contributed by atoms with Gasteiger partial charge in [0.05, 0.1) is 25.4 Å². The highest BCUT2D eigenvalue weighted by molar-refractivity contribution is 14.0. The third kappa shape index (κ3) is 5.52. The summed E-state index contributed by atoms with van der Waals surface area (Å²) >= 11 is 0. The van der Waals surface area contributed by atoms with Gasteiger partial charge in [-0.25, -0.2) is 0 Å². The van der Waals surface area contributed by atoms with E-state index >= 15 is 0 Å². The fraction of sp³-hybridized carbons (Fsp3) is 0.500. The molecule has 1 aromatic rings. The van der Waals surface area contributed by atoms with Gasteiger partial charge < -0.3 is 19.8 Å². The molecule has 1 atom stereocenters. The minimum absolute atomic E-state index is 0. The number of unbranched alkanes of at least 4 members (excludes halogenated alkanes) is 2. The molecule has 1 unspecified atom stereocenters. The van der Waals surface area contributed by atoms with Crippen LogP contribution in [0.1, 0.15) is 30.9 Å². The van der Waals surface area contributed by atoms with E-state index < -0.39 is 5.09 Å². The van der Waals surface area contributed by atoms with Crippen molar-refractivity contribution < 1.29 is 14.7 Å². The Kier molecular flexibility index (Phi) is 8.83. The first-order valence-corrected chi connectivity index (χ1v) is 7.72. The Labute approximate surface area is 159 Å². The number of methoxy groups -OCH3 is 1. The van der Waals surface area contributed by atoms with E-state index in [1.165, 1.54) is 5.56 Å². The molecule has 7 nitrogen and oxygen atoms in total. The highest BCUT2D eigenvalue weighted by Crippen LogP contribution is 2.38. The number of hydrogen-bond acceptors (Lipinski definition) is 6. The second-order valence-electron chi connectivity index (χ2n) is 5.40. The maximum absolute atomic E-state index is 10.0. The molecule has 0 aromatic heterocycles. The molecule has 0 spiro atoms. The highest BCUT2D eigenvalue weighted by Gasteiger charge is 2.21. The molecule has 0 radical (unpaired) electrons. The number of fused-ring (bicyclic) bond motifs is 1. The number of nitrogens with zero attached hydrogens (tertiary/aromatic N) is 2. The third-order valence-electron chi connectivity index (χ3n) is 3.82. The Hall–Kier alpha value is -1.55. The van der Waals surface area contributed by atoms with Crippen molar-refractivity contribution in [1.82, 2.24) is 5.32 Å². The molecule has 1 aliphatic rings. The number of hydrogen-bond donors (Lipinski definition) is 1. The molecule has 0 saturated carbocycles. The van der Waals surface area contributed by atoms with Gasteiger partial charge in [-0.05, 0) is 31.5 Å². The van der Waals surface area contributed by atoms with Gasteiger partial charge in [-0.1, -0.05) is 18.6 Å². The summed E-state index contributed by atoms with van der Waals surface area (Å²) < 4.78 is 5.45. The number of para-hydroxylation sites is 1. The third-order valence-corrected chi connectivity index (χ3v) is 3.82. The number of anilines is 1. The minimum atomic E-state index is -0.744. The van der Waals surface area contributed by atoms with Gasteiger partial charge in [0.25, 0.3) is 5.09 Å². The second kappa shape index (κ2) is 10.3. The molecule has 0 aliphatic carbocycles. The molecule has 2 rings (SSSR count). The van der Waals surface area contributed by atoms with Crippen LogP contribution in [0.25, 0.3) is 0 Å². The van der Waals surface area contributed by atoms with Gasteiger partial charge >= 0.3 is 0 Å². The van der Waals surface area contributed by atoms with E-state index in [-0.39, 0.29) is 36.6 Å². The zero-order valence-corrected chi connectivity index (χ0v) is 16.3. The quantitative estimate of drug-likeness (QED) is 0.270. The van der Waals surface area contributed by atoms with Crippen molar-refractivity contribution in [2.75, 3.05) is 32.2 Å². The van der Waals surface area contributed by atoms with Gasteiger partial charge in [0.2, 0.25) is 0 Å². The number of halogens is 1. The van der Waals surface area contributed by atoms with E-state index in [4.69, 9.17) is 4.74 Å². The van der Waals surface area contributed by atoms with Gasteiger partial charge in [0, 0.05) is 18.8 Å². The molecule has 134 valence electrons. The van der Waals surface area contributed by atoms with Crippen LogP contribution in [0.2, 0.25) is 0 Å². The molecule has 1 N–H and O–H groups in total. The first-order valence-electron chi connectivity index (χ1n) is 7.72. The molecule has 8 heteroatoms. The largest absolute Gasteiger partial charge is 0.495 e. The van der Waals surface area contributed by atoms with E-state index in [0.29, 0.717) is 6.42 Å². The second-order valence-corrected chi connectivity index (χ2v) is 5.40. The average molecular weight is 449 g/mol. The minimum Gasteiger partial charge on any atom is -0.495 e. The van der Waals surface area contributed by atoms with Crippen molar-refractivity contribution >= 4 is 29.7 Å². The van der Waals surface area contributed by atoms with Gasteiger partial charge in [-0.2, -0.15) is 0 Å². The lowest BCUT2D eigenvalue weighted by molar-refractivity contribution is -0.757. The predicted molar refractivity (Wildman–Crippen MR) is 103 cm³/mol. The molecular weight excluding hydrogens is 425 g/mol. The van der Waals surface area contributed by atoms with Crippen molar-refractivity contribution in [3.05, 3.63) is 46.2 Å². The lowest BCUT2D eigenvalue weighted by atomic mass is 10.00. The molecular formula is C16H24IN3O4. The summed E-state index contributed by atoms with van der Waals surface area (Å²) in [5.41, 5.74) is 2.26. The van der Waals surface area contributed by atoms with E-state index in [1.807, 2.05) is 25.4 Å². The topological polar surface area (TPSA) is 76.9 Å². The Balaban J connectivity index is 0.00000288.